The van der Waals surface area contributed by atoms with Gasteiger partial charge in [-0.25, -0.2) is 18.2 Å². The fraction of sp³-hybridized carbons (Fsp3) is 0.100. The van der Waals surface area contributed by atoms with Crippen LogP contribution < -0.4 is 4.72 Å². The standard InChI is InChI=1S/C10H10N4O4S/c15-9(16)5-7-1-3-8(4-2-7)19(17,18)14-10-11-6-12-13-10/h1-4,6H,5H2,(H,15,16)(H2,11,12,13,14). The van der Waals surface area contributed by atoms with Crippen LogP contribution >= 0.6 is 0 Å². The molecule has 9 heteroatoms. The molecule has 0 aliphatic carbocycles. The average molecular weight is 282 g/mol. The maximum Gasteiger partial charge on any atom is 0.307 e. The second-order valence-electron chi connectivity index (χ2n) is 3.65. The van der Waals surface area contributed by atoms with Crippen molar-refractivity contribution in [1.29, 1.82) is 0 Å². The maximum absolute atomic E-state index is 11.9. The van der Waals surface area contributed by atoms with E-state index in [1.165, 1.54) is 30.6 Å². The van der Waals surface area contributed by atoms with Crippen LogP contribution in [-0.4, -0.2) is 34.7 Å². The van der Waals surface area contributed by atoms with E-state index < -0.39 is 16.0 Å². The number of rotatable bonds is 5. The largest absolute Gasteiger partial charge is 0.481 e. The van der Waals surface area contributed by atoms with Crippen molar-refractivity contribution in [2.45, 2.75) is 11.3 Å². The van der Waals surface area contributed by atoms with Gasteiger partial charge in [-0.3, -0.25) is 4.79 Å². The Morgan fingerprint density at radius 1 is 1.32 bits per heavy atom. The molecule has 2 aromatic rings. The van der Waals surface area contributed by atoms with Crippen molar-refractivity contribution in [2.75, 3.05) is 4.72 Å². The summed E-state index contributed by atoms with van der Waals surface area (Å²) in [5.41, 5.74) is 0.520. The first-order chi connectivity index (χ1) is 8.97. The maximum atomic E-state index is 11.9. The van der Waals surface area contributed by atoms with Gasteiger partial charge in [-0.2, -0.15) is 10.1 Å². The molecule has 19 heavy (non-hydrogen) atoms. The zero-order valence-electron chi connectivity index (χ0n) is 9.57. The lowest BCUT2D eigenvalue weighted by atomic mass is 10.2. The smallest absolute Gasteiger partial charge is 0.307 e. The Hall–Kier alpha value is -2.42. The number of hydrogen-bond acceptors (Lipinski definition) is 5. The zero-order chi connectivity index (χ0) is 13.9. The number of hydrogen-bond donors (Lipinski definition) is 3. The highest BCUT2D eigenvalue weighted by molar-refractivity contribution is 7.92. The molecule has 0 saturated carbocycles. The van der Waals surface area contributed by atoms with Gasteiger partial charge in [-0.05, 0) is 17.7 Å². The summed E-state index contributed by atoms with van der Waals surface area (Å²) in [4.78, 5) is 14.2. The number of H-pyrrole nitrogens is 1. The molecule has 0 atom stereocenters. The van der Waals surface area contributed by atoms with E-state index in [1.54, 1.807) is 0 Å². The Kier molecular flexibility index (Phi) is 3.47. The van der Waals surface area contributed by atoms with E-state index in [0.29, 0.717) is 5.56 Å². The molecule has 0 amide bonds. The lowest BCUT2D eigenvalue weighted by Crippen LogP contribution is -2.14. The molecule has 8 nitrogen and oxygen atoms in total. The number of carboxylic acid groups (broad SMARTS) is 1. The van der Waals surface area contributed by atoms with E-state index in [1.807, 2.05) is 0 Å². The van der Waals surface area contributed by atoms with Crippen LogP contribution in [0.1, 0.15) is 5.56 Å². The first-order valence-corrected chi connectivity index (χ1v) is 6.64. The van der Waals surface area contributed by atoms with E-state index in [0.717, 1.165) is 0 Å². The summed E-state index contributed by atoms with van der Waals surface area (Å²) in [6, 6.07) is 5.56. The van der Waals surface area contributed by atoms with Crippen molar-refractivity contribution in [2.24, 2.45) is 0 Å². The molecule has 1 heterocycles. The summed E-state index contributed by atoms with van der Waals surface area (Å²) in [7, 11) is -3.76. The molecular weight excluding hydrogens is 272 g/mol. The molecule has 0 saturated heterocycles. The third-order valence-corrected chi connectivity index (χ3v) is 3.59. The number of anilines is 1. The van der Waals surface area contributed by atoms with Gasteiger partial charge in [-0.1, -0.05) is 12.1 Å². The fourth-order valence-corrected chi connectivity index (χ4v) is 2.37. The fourth-order valence-electron chi connectivity index (χ4n) is 1.40. The topological polar surface area (TPSA) is 125 Å². The van der Waals surface area contributed by atoms with E-state index in [-0.39, 0.29) is 17.3 Å². The van der Waals surface area contributed by atoms with Crippen LogP contribution in [-0.2, 0) is 21.2 Å². The van der Waals surface area contributed by atoms with Crippen molar-refractivity contribution < 1.29 is 18.3 Å². The van der Waals surface area contributed by atoms with E-state index in [4.69, 9.17) is 5.11 Å². The van der Waals surface area contributed by atoms with Crippen molar-refractivity contribution >= 4 is 21.9 Å². The highest BCUT2D eigenvalue weighted by Crippen LogP contribution is 2.13. The quantitative estimate of drug-likeness (QED) is 0.721. The lowest BCUT2D eigenvalue weighted by molar-refractivity contribution is -0.136. The van der Waals surface area contributed by atoms with Crippen LogP contribution in [0.2, 0.25) is 0 Å². The molecule has 0 fully saturated rings. The summed E-state index contributed by atoms with van der Waals surface area (Å²) in [5, 5.41) is 14.5. The van der Waals surface area contributed by atoms with Crippen molar-refractivity contribution in [1.82, 2.24) is 15.2 Å². The normalized spacial score (nSPS) is 11.2. The number of aromatic amines is 1. The minimum Gasteiger partial charge on any atom is -0.481 e. The third kappa shape index (κ3) is 3.28. The molecule has 0 spiro atoms. The van der Waals surface area contributed by atoms with Gasteiger partial charge in [0.1, 0.15) is 6.33 Å². The summed E-state index contributed by atoms with van der Waals surface area (Å²) >= 11 is 0. The summed E-state index contributed by atoms with van der Waals surface area (Å²) < 4.78 is 26.0. The van der Waals surface area contributed by atoms with Gasteiger partial charge in [0.05, 0.1) is 11.3 Å². The average Bonchev–Trinajstić information content (AvgIpc) is 2.81. The SMILES string of the molecule is O=C(O)Cc1ccc(S(=O)(=O)Nc2ncn[nH]2)cc1. The van der Waals surface area contributed by atoms with Gasteiger partial charge in [0, 0.05) is 0 Å². The Balaban J connectivity index is 2.19. The van der Waals surface area contributed by atoms with Crippen molar-refractivity contribution in [3.63, 3.8) is 0 Å². The van der Waals surface area contributed by atoms with Gasteiger partial charge in [0.25, 0.3) is 10.0 Å². The molecule has 0 aliphatic heterocycles. The minimum atomic E-state index is -3.76. The summed E-state index contributed by atoms with van der Waals surface area (Å²) in [6.45, 7) is 0. The van der Waals surface area contributed by atoms with Crippen LogP contribution in [0.4, 0.5) is 5.95 Å². The molecule has 0 aliphatic rings. The van der Waals surface area contributed by atoms with Gasteiger partial charge in [0.15, 0.2) is 0 Å². The highest BCUT2D eigenvalue weighted by Gasteiger charge is 2.15. The Morgan fingerprint density at radius 3 is 2.53 bits per heavy atom. The first-order valence-electron chi connectivity index (χ1n) is 5.16. The van der Waals surface area contributed by atoms with Gasteiger partial charge in [-0.15, -0.1) is 0 Å². The zero-order valence-corrected chi connectivity index (χ0v) is 10.4. The Bertz CT molecular complexity index is 664. The second-order valence-corrected chi connectivity index (χ2v) is 5.34. The minimum absolute atomic E-state index is 0.00890. The molecule has 100 valence electrons. The summed E-state index contributed by atoms with van der Waals surface area (Å²) in [6.07, 6.45) is 1.02. The van der Waals surface area contributed by atoms with E-state index >= 15 is 0 Å². The number of carboxylic acids is 1. The molecule has 1 aromatic heterocycles. The highest BCUT2D eigenvalue weighted by atomic mass is 32.2. The molecule has 0 unspecified atom stereocenters. The van der Waals surface area contributed by atoms with E-state index in [2.05, 4.69) is 19.9 Å². The molecule has 2 rings (SSSR count). The van der Waals surface area contributed by atoms with Gasteiger partial charge in [0.2, 0.25) is 5.95 Å². The number of aliphatic carboxylic acids is 1. The van der Waals surface area contributed by atoms with Crippen LogP contribution in [0.15, 0.2) is 35.5 Å². The van der Waals surface area contributed by atoms with Crippen molar-refractivity contribution in [3.8, 4) is 0 Å². The van der Waals surface area contributed by atoms with Gasteiger partial charge >= 0.3 is 5.97 Å². The van der Waals surface area contributed by atoms with E-state index in [9.17, 15) is 13.2 Å². The number of carbonyl (C=O) groups is 1. The Morgan fingerprint density at radius 2 is 2.00 bits per heavy atom. The number of aromatic nitrogens is 3. The number of nitrogens with one attached hydrogen (secondary N) is 2. The number of benzene rings is 1. The predicted molar refractivity (Wildman–Crippen MR) is 65.0 cm³/mol. The number of nitrogens with zero attached hydrogens (tertiary/aromatic N) is 2. The van der Waals surface area contributed by atoms with Gasteiger partial charge < -0.3 is 5.11 Å². The molecule has 3 N–H and O–H groups in total. The molecule has 0 radical (unpaired) electrons. The third-order valence-electron chi connectivity index (χ3n) is 2.24. The Labute approximate surface area is 108 Å². The molecular formula is C10H10N4O4S. The van der Waals surface area contributed by atoms with Crippen molar-refractivity contribution in [3.05, 3.63) is 36.2 Å². The molecule has 0 bridgehead atoms. The lowest BCUT2D eigenvalue weighted by Gasteiger charge is -2.05. The second kappa shape index (κ2) is 5.06. The first kappa shape index (κ1) is 13.0. The monoisotopic (exact) mass is 282 g/mol. The molecule has 1 aromatic carbocycles. The van der Waals surface area contributed by atoms with Crippen LogP contribution in [0.3, 0.4) is 0 Å². The van der Waals surface area contributed by atoms with Crippen LogP contribution in [0.25, 0.3) is 0 Å². The predicted octanol–water partition coefficient (Wildman–Crippen LogP) is 0.233. The van der Waals surface area contributed by atoms with Crippen LogP contribution in [0.5, 0.6) is 0 Å². The number of sulfonamides is 1. The van der Waals surface area contributed by atoms with Crippen LogP contribution in [0, 0.1) is 0 Å². The summed E-state index contributed by atoms with van der Waals surface area (Å²) in [5.74, 6) is -0.968.